The zero-order valence-corrected chi connectivity index (χ0v) is 18.5. The lowest BCUT2D eigenvalue weighted by molar-refractivity contribution is -0.121. The zero-order valence-electron chi connectivity index (χ0n) is 18.5. The monoisotopic (exact) mass is 426 g/mol. The van der Waals surface area contributed by atoms with Crippen LogP contribution in [0.5, 0.6) is 5.75 Å². The van der Waals surface area contributed by atoms with Crippen molar-refractivity contribution in [2.24, 2.45) is 0 Å². The van der Waals surface area contributed by atoms with Gasteiger partial charge in [-0.3, -0.25) is 4.79 Å². The maximum Gasteiger partial charge on any atom is 0.220 e. The fourth-order valence-electron chi connectivity index (χ4n) is 3.99. The molecule has 3 aromatic carbocycles. The number of carbonyl (C=O) groups is 1. The van der Waals surface area contributed by atoms with Crippen LogP contribution in [0.2, 0.25) is 0 Å². The fourth-order valence-corrected chi connectivity index (χ4v) is 3.99. The van der Waals surface area contributed by atoms with Crippen molar-refractivity contribution in [3.05, 3.63) is 102 Å². The molecular formula is C28H30N2O2. The SMILES string of the molecule is CCCCNC(=O)CC(c1ccc(OCc2ccccc2)cc1)c1c[nH]c2ccccc12. The van der Waals surface area contributed by atoms with Gasteiger partial charge in [-0.05, 0) is 41.3 Å². The Balaban J connectivity index is 1.54. The van der Waals surface area contributed by atoms with Gasteiger partial charge in [-0.15, -0.1) is 0 Å². The molecule has 0 radical (unpaired) electrons. The van der Waals surface area contributed by atoms with Crippen LogP contribution in [0.15, 0.2) is 85.1 Å². The molecule has 4 aromatic rings. The fraction of sp³-hybridized carbons (Fsp3) is 0.250. The number of hydrogen-bond acceptors (Lipinski definition) is 2. The van der Waals surface area contributed by atoms with Gasteiger partial charge in [0.15, 0.2) is 0 Å². The summed E-state index contributed by atoms with van der Waals surface area (Å²) in [4.78, 5) is 16.1. The van der Waals surface area contributed by atoms with Crippen molar-refractivity contribution >= 4 is 16.8 Å². The number of aromatic amines is 1. The second-order valence-corrected chi connectivity index (χ2v) is 8.09. The minimum absolute atomic E-state index is 0.0315. The summed E-state index contributed by atoms with van der Waals surface area (Å²) in [5.41, 5.74) is 4.47. The number of rotatable bonds is 10. The third kappa shape index (κ3) is 5.38. The normalized spacial score (nSPS) is 11.9. The molecule has 1 amide bonds. The Hall–Kier alpha value is -3.53. The molecule has 0 saturated carbocycles. The third-order valence-electron chi connectivity index (χ3n) is 5.77. The first-order valence-corrected chi connectivity index (χ1v) is 11.3. The van der Waals surface area contributed by atoms with Gasteiger partial charge in [0, 0.05) is 36.0 Å². The van der Waals surface area contributed by atoms with Gasteiger partial charge in [-0.25, -0.2) is 0 Å². The largest absolute Gasteiger partial charge is 0.489 e. The van der Waals surface area contributed by atoms with E-state index in [1.54, 1.807) is 0 Å². The summed E-state index contributed by atoms with van der Waals surface area (Å²) < 4.78 is 5.95. The molecule has 0 bridgehead atoms. The topological polar surface area (TPSA) is 54.1 Å². The van der Waals surface area contributed by atoms with Gasteiger partial charge in [-0.2, -0.15) is 0 Å². The highest BCUT2D eigenvalue weighted by molar-refractivity contribution is 5.86. The zero-order chi connectivity index (χ0) is 22.2. The predicted octanol–water partition coefficient (Wildman–Crippen LogP) is 6.19. The average Bonchev–Trinajstić information content (AvgIpc) is 3.26. The smallest absolute Gasteiger partial charge is 0.220 e. The average molecular weight is 427 g/mol. The Kier molecular flexibility index (Phi) is 7.23. The molecule has 32 heavy (non-hydrogen) atoms. The number of ether oxygens (including phenoxy) is 1. The van der Waals surface area contributed by atoms with Gasteiger partial charge >= 0.3 is 0 Å². The molecule has 1 heterocycles. The summed E-state index contributed by atoms with van der Waals surface area (Å²) in [6.45, 7) is 3.39. The molecular weight excluding hydrogens is 396 g/mol. The number of fused-ring (bicyclic) bond motifs is 1. The van der Waals surface area contributed by atoms with Crippen LogP contribution in [0.25, 0.3) is 10.9 Å². The predicted molar refractivity (Wildman–Crippen MR) is 130 cm³/mol. The Morgan fingerprint density at radius 2 is 1.72 bits per heavy atom. The summed E-state index contributed by atoms with van der Waals surface area (Å²) in [6, 6.07) is 26.5. The van der Waals surface area contributed by atoms with E-state index < -0.39 is 0 Å². The van der Waals surface area contributed by atoms with Crippen LogP contribution in [-0.2, 0) is 11.4 Å². The minimum Gasteiger partial charge on any atom is -0.489 e. The van der Waals surface area contributed by atoms with Gasteiger partial charge in [0.25, 0.3) is 0 Å². The van der Waals surface area contributed by atoms with Gasteiger partial charge in [0.05, 0.1) is 0 Å². The lowest BCUT2D eigenvalue weighted by Crippen LogP contribution is -2.26. The Labute approximate surface area is 189 Å². The maximum atomic E-state index is 12.7. The van der Waals surface area contributed by atoms with Crippen molar-refractivity contribution in [3.8, 4) is 5.75 Å². The van der Waals surface area contributed by atoms with Crippen LogP contribution in [0.3, 0.4) is 0 Å². The van der Waals surface area contributed by atoms with Gasteiger partial charge in [0.1, 0.15) is 12.4 Å². The molecule has 4 rings (SSSR count). The maximum absolute atomic E-state index is 12.7. The van der Waals surface area contributed by atoms with Gasteiger partial charge < -0.3 is 15.0 Å². The highest BCUT2D eigenvalue weighted by atomic mass is 16.5. The first-order valence-electron chi connectivity index (χ1n) is 11.3. The Morgan fingerprint density at radius 1 is 0.969 bits per heavy atom. The highest BCUT2D eigenvalue weighted by Gasteiger charge is 2.21. The molecule has 1 aromatic heterocycles. The van der Waals surface area contributed by atoms with E-state index in [1.165, 1.54) is 0 Å². The van der Waals surface area contributed by atoms with Crippen LogP contribution in [0.1, 0.15) is 48.8 Å². The molecule has 4 heteroatoms. The molecule has 2 N–H and O–H groups in total. The van der Waals surface area contributed by atoms with E-state index >= 15 is 0 Å². The van der Waals surface area contributed by atoms with Crippen molar-refractivity contribution in [2.45, 2.75) is 38.7 Å². The summed E-state index contributed by atoms with van der Waals surface area (Å²) in [7, 11) is 0. The first kappa shape index (κ1) is 21.7. The van der Waals surface area contributed by atoms with Crippen LogP contribution in [0, 0.1) is 0 Å². The number of aromatic nitrogens is 1. The van der Waals surface area contributed by atoms with Crippen LogP contribution >= 0.6 is 0 Å². The summed E-state index contributed by atoms with van der Waals surface area (Å²) in [6.07, 6.45) is 4.51. The third-order valence-corrected chi connectivity index (χ3v) is 5.77. The molecule has 0 saturated heterocycles. The van der Waals surface area contributed by atoms with Gasteiger partial charge in [-0.1, -0.05) is 74.0 Å². The first-order chi connectivity index (χ1) is 15.7. The second kappa shape index (κ2) is 10.7. The lowest BCUT2D eigenvalue weighted by Gasteiger charge is -2.18. The van der Waals surface area contributed by atoms with E-state index in [0.29, 0.717) is 13.0 Å². The summed E-state index contributed by atoms with van der Waals surface area (Å²) in [5, 5.41) is 4.23. The molecule has 0 aliphatic carbocycles. The lowest BCUT2D eigenvalue weighted by atomic mass is 9.88. The van der Waals surface area contributed by atoms with Crippen molar-refractivity contribution in [3.63, 3.8) is 0 Å². The van der Waals surface area contributed by atoms with Crippen LogP contribution in [0.4, 0.5) is 0 Å². The van der Waals surface area contributed by atoms with E-state index in [4.69, 9.17) is 4.74 Å². The number of nitrogens with one attached hydrogen (secondary N) is 2. The Bertz CT molecular complexity index is 1130. The molecule has 1 unspecified atom stereocenters. The van der Waals surface area contributed by atoms with Crippen molar-refractivity contribution in [1.29, 1.82) is 0 Å². The van der Waals surface area contributed by atoms with Gasteiger partial charge in [0.2, 0.25) is 5.91 Å². The second-order valence-electron chi connectivity index (χ2n) is 8.09. The van der Waals surface area contributed by atoms with Crippen molar-refractivity contribution < 1.29 is 9.53 Å². The van der Waals surface area contributed by atoms with E-state index in [9.17, 15) is 4.79 Å². The standard InChI is InChI=1S/C28H30N2O2/c1-2-3-17-29-28(31)18-25(26-19-30-27-12-8-7-11-24(26)27)22-13-15-23(16-14-22)32-20-21-9-5-4-6-10-21/h4-16,19,25,30H,2-3,17-18,20H2,1H3,(H,29,31). The quantitative estimate of drug-likeness (QED) is 0.297. The summed E-state index contributed by atoms with van der Waals surface area (Å²) >= 11 is 0. The number of H-pyrrole nitrogens is 1. The molecule has 4 nitrogen and oxygen atoms in total. The minimum atomic E-state index is -0.0315. The number of amides is 1. The molecule has 0 aliphatic rings. The molecule has 164 valence electrons. The summed E-state index contributed by atoms with van der Waals surface area (Å²) in [5.74, 6) is 0.872. The van der Waals surface area contributed by atoms with Crippen LogP contribution in [-0.4, -0.2) is 17.4 Å². The number of para-hydroxylation sites is 1. The number of benzene rings is 3. The number of hydrogen-bond donors (Lipinski definition) is 2. The van der Waals surface area contributed by atoms with E-state index in [-0.39, 0.29) is 11.8 Å². The van der Waals surface area contributed by atoms with Crippen LogP contribution < -0.4 is 10.1 Å². The molecule has 0 fully saturated rings. The van der Waals surface area contributed by atoms with Crippen molar-refractivity contribution in [2.75, 3.05) is 6.54 Å². The highest BCUT2D eigenvalue weighted by Crippen LogP contribution is 2.34. The Morgan fingerprint density at radius 3 is 2.50 bits per heavy atom. The van der Waals surface area contributed by atoms with Crippen molar-refractivity contribution in [1.82, 2.24) is 10.3 Å². The molecule has 0 spiro atoms. The van der Waals surface area contributed by atoms with E-state index in [1.807, 2.05) is 48.7 Å². The number of unbranched alkanes of at least 4 members (excludes halogenated alkanes) is 1. The molecule has 1 atom stereocenters. The number of carbonyl (C=O) groups excluding carboxylic acids is 1. The van der Waals surface area contributed by atoms with E-state index in [2.05, 4.69) is 53.6 Å². The molecule has 0 aliphatic heterocycles. The van der Waals surface area contributed by atoms with E-state index in [0.717, 1.165) is 52.7 Å².